The fraction of sp³-hybridized carbons (Fsp3) is 0.143. The van der Waals surface area contributed by atoms with Gasteiger partial charge in [0.05, 0.1) is 12.7 Å². The van der Waals surface area contributed by atoms with Gasteiger partial charge >= 0.3 is 5.97 Å². The van der Waals surface area contributed by atoms with Crippen molar-refractivity contribution in [1.29, 1.82) is 0 Å². The van der Waals surface area contributed by atoms with Gasteiger partial charge in [-0.25, -0.2) is 4.79 Å². The zero-order valence-electron chi connectivity index (χ0n) is 10.2. The molecule has 0 aliphatic heterocycles. The molecule has 0 saturated heterocycles. The van der Waals surface area contributed by atoms with E-state index in [1.54, 1.807) is 30.3 Å². The third kappa shape index (κ3) is 2.66. The molecule has 92 valence electrons. The second-order valence-electron chi connectivity index (χ2n) is 3.73. The van der Waals surface area contributed by atoms with Crippen molar-refractivity contribution in [3.63, 3.8) is 0 Å². The van der Waals surface area contributed by atoms with E-state index in [0.29, 0.717) is 17.1 Å². The number of ether oxygens (including phenoxy) is 2. The quantitative estimate of drug-likeness (QED) is 0.614. The molecule has 0 unspecified atom stereocenters. The van der Waals surface area contributed by atoms with Crippen molar-refractivity contribution in [3.05, 3.63) is 53.9 Å². The smallest absolute Gasteiger partial charge is 0.345 e. The van der Waals surface area contributed by atoms with Crippen LogP contribution >= 0.6 is 0 Å². The van der Waals surface area contributed by atoms with Gasteiger partial charge in [-0.15, -0.1) is 0 Å². The molecule has 0 spiro atoms. The van der Waals surface area contributed by atoms with Crippen LogP contribution in [0.1, 0.15) is 16.1 Å². The lowest BCUT2D eigenvalue weighted by Crippen LogP contribution is -2.09. The van der Waals surface area contributed by atoms with Crippen molar-refractivity contribution in [3.8, 4) is 11.5 Å². The maximum Gasteiger partial charge on any atom is 0.345 e. The Morgan fingerprint density at radius 1 is 1.11 bits per heavy atom. The van der Waals surface area contributed by atoms with Crippen LogP contribution in [-0.4, -0.2) is 18.1 Å². The first-order valence-electron chi connectivity index (χ1n) is 5.48. The van der Waals surface area contributed by atoms with Crippen molar-refractivity contribution in [2.75, 3.05) is 7.11 Å². The number of esters is 1. The molecule has 4 heteroatoms. The number of hydrogen-bond acceptors (Lipinski definition) is 4. The molecule has 1 heterocycles. The van der Waals surface area contributed by atoms with Crippen LogP contribution < -0.4 is 9.47 Å². The van der Waals surface area contributed by atoms with Gasteiger partial charge in [-0.2, -0.15) is 0 Å². The number of nitrogens with zero attached hydrogens (tertiary/aromatic N) is 1. The van der Waals surface area contributed by atoms with Crippen LogP contribution in [0.3, 0.4) is 0 Å². The van der Waals surface area contributed by atoms with Crippen molar-refractivity contribution >= 4 is 5.97 Å². The van der Waals surface area contributed by atoms with Crippen molar-refractivity contribution in [2.45, 2.75) is 6.92 Å². The lowest BCUT2D eigenvalue weighted by atomic mass is 10.2. The van der Waals surface area contributed by atoms with Crippen LogP contribution in [0.25, 0.3) is 0 Å². The molecular formula is C14H13NO3. The van der Waals surface area contributed by atoms with Crippen molar-refractivity contribution in [2.24, 2.45) is 0 Å². The summed E-state index contributed by atoms with van der Waals surface area (Å²) in [6, 6.07) is 10.4. The van der Waals surface area contributed by atoms with Crippen molar-refractivity contribution < 1.29 is 14.3 Å². The Morgan fingerprint density at radius 3 is 2.44 bits per heavy atom. The molecule has 2 rings (SSSR count). The summed E-state index contributed by atoms with van der Waals surface area (Å²) in [5, 5.41) is 0. The summed E-state index contributed by atoms with van der Waals surface area (Å²) in [6.07, 6.45) is 1.49. The van der Waals surface area contributed by atoms with E-state index in [4.69, 9.17) is 9.47 Å². The molecule has 0 amide bonds. The van der Waals surface area contributed by atoms with Gasteiger partial charge in [0.2, 0.25) is 0 Å². The second-order valence-corrected chi connectivity index (χ2v) is 3.73. The van der Waals surface area contributed by atoms with E-state index in [-0.39, 0.29) is 0 Å². The summed E-state index contributed by atoms with van der Waals surface area (Å²) in [7, 11) is 1.53. The lowest BCUT2D eigenvalue weighted by molar-refractivity contribution is 0.0729. The maximum absolute atomic E-state index is 11.9. The monoisotopic (exact) mass is 243 g/mol. The van der Waals surface area contributed by atoms with Gasteiger partial charge in [0.1, 0.15) is 0 Å². The molecule has 2 aromatic rings. The molecule has 0 radical (unpaired) electrons. The molecule has 18 heavy (non-hydrogen) atoms. The Balaban J connectivity index is 2.18. The third-order valence-electron chi connectivity index (χ3n) is 2.42. The first-order valence-corrected chi connectivity index (χ1v) is 5.48. The van der Waals surface area contributed by atoms with E-state index in [0.717, 1.165) is 5.69 Å². The Labute approximate surface area is 105 Å². The van der Waals surface area contributed by atoms with Gasteiger partial charge in [0.15, 0.2) is 11.5 Å². The SMILES string of the molecule is COc1ccccc1OC(=O)c1ccc(C)nc1. The molecule has 4 nitrogen and oxygen atoms in total. The molecule has 0 N–H and O–H groups in total. The van der Waals surface area contributed by atoms with Gasteiger partial charge < -0.3 is 9.47 Å². The predicted molar refractivity (Wildman–Crippen MR) is 66.9 cm³/mol. The summed E-state index contributed by atoms with van der Waals surface area (Å²) in [5.74, 6) is 0.462. The predicted octanol–water partition coefficient (Wildman–Crippen LogP) is 2.62. The van der Waals surface area contributed by atoms with E-state index in [1.807, 2.05) is 13.0 Å². The minimum Gasteiger partial charge on any atom is -0.493 e. The number of methoxy groups -OCH3 is 1. The highest BCUT2D eigenvalue weighted by atomic mass is 16.6. The highest BCUT2D eigenvalue weighted by Gasteiger charge is 2.11. The van der Waals surface area contributed by atoms with E-state index in [1.165, 1.54) is 13.3 Å². The van der Waals surface area contributed by atoms with Gasteiger partial charge in [-0.1, -0.05) is 12.1 Å². The first kappa shape index (κ1) is 12.1. The number of aryl methyl sites for hydroxylation is 1. The highest BCUT2D eigenvalue weighted by molar-refractivity contribution is 5.91. The molecule has 1 aromatic carbocycles. The normalized spacial score (nSPS) is 9.89. The highest BCUT2D eigenvalue weighted by Crippen LogP contribution is 2.26. The van der Waals surface area contributed by atoms with Gasteiger partial charge in [-0.3, -0.25) is 4.98 Å². The van der Waals surface area contributed by atoms with Crippen LogP contribution in [0, 0.1) is 6.92 Å². The Hall–Kier alpha value is -2.36. The molecule has 0 saturated carbocycles. The summed E-state index contributed by atoms with van der Waals surface area (Å²) in [6.45, 7) is 1.86. The van der Waals surface area contributed by atoms with Gasteiger partial charge in [0, 0.05) is 11.9 Å². The van der Waals surface area contributed by atoms with Crippen LogP contribution in [0.2, 0.25) is 0 Å². The Kier molecular flexibility index (Phi) is 3.57. The Morgan fingerprint density at radius 2 is 1.83 bits per heavy atom. The summed E-state index contributed by atoms with van der Waals surface area (Å²) in [4.78, 5) is 15.9. The molecule has 0 fully saturated rings. The largest absolute Gasteiger partial charge is 0.493 e. The number of carbonyl (C=O) groups is 1. The number of rotatable bonds is 3. The topological polar surface area (TPSA) is 48.4 Å². The number of hydrogen-bond donors (Lipinski definition) is 0. The minimum atomic E-state index is -0.452. The fourth-order valence-corrected chi connectivity index (χ4v) is 1.45. The summed E-state index contributed by atoms with van der Waals surface area (Å²) < 4.78 is 10.4. The number of benzene rings is 1. The number of pyridine rings is 1. The van der Waals surface area contributed by atoms with Gasteiger partial charge in [-0.05, 0) is 31.2 Å². The molecule has 1 aromatic heterocycles. The molecule has 0 aliphatic carbocycles. The molecule has 0 aliphatic rings. The van der Waals surface area contributed by atoms with Crippen molar-refractivity contribution in [1.82, 2.24) is 4.98 Å². The van der Waals surface area contributed by atoms with E-state index < -0.39 is 5.97 Å². The van der Waals surface area contributed by atoms with E-state index in [2.05, 4.69) is 4.98 Å². The standard InChI is InChI=1S/C14H13NO3/c1-10-7-8-11(9-15-10)14(16)18-13-6-4-3-5-12(13)17-2/h3-9H,1-2H3. The second kappa shape index (κ2) is 5.31. The maximum atomic E-state index is 11.9. The number of aromatic nitrogens is 1. The fourth-order valence-electron chi connectivity index (χ4n) is 1.45. The van der Waals surface area contributed by atoms with Crippen LogP contribution in [0.15, 0.2) is 42.6 Å². The average Bonchev–Trinajstić information content (AvgIpc) is 2.40. The van der Waals surface area contributed by atoms with Crippen LogP contribution in [0.5, 0.6) is 11.5 Å². The Bertz CT molecular complexity index is 549. The van der Waals surface area contributed by atoms with Crippen LogP contribution in [0.4, 0.5) is 0 Å². The molecule has 0 bridgehead atoms. The zero-order chi connectivity index (χ0) is 13.0. The minimum absolute atomic E-state index is 0.394. The number of carbonyl (C=O) groups excluding carboxylic acids is 1. The summed E-state index contributed by atoms with van der Waals surface area (Å²) in [5.41, 5.74) is 1.26. The third-order valence-corrected chi connectivity index (χ3v) is 2.42. The molecular weight excluding hydrogens is 230 g/mol. The average molecular weight is 243 g/mol. The number of para-hydroxylation sites is 2. The molecule has 0 atom stereocenters. The van der Waals surface area contributed by atoms with Crippen LogP contribution in [-0.2, 0) is 0 Å². The summed E-state index contributed by atoms with van der Waals surface area (Å²) >= 11 is 0. The first-order chi connectivity index (χ1) is 8.70. The zero-order valence-corrected chi connectivity index (χ0v) is 10.2. The van der Waals surface area contributed by atoms with E-state index in [9.17, 15) is 4.79 Å². The van der Waals surface area contributed by atoms with E-state index >= 15 is 0 Å². The van der Waals surface area contributed by atoms with Gasteiger partial charge in [0.25, 0.3) is 0 Å². The lowest BCUT2D eigenvalue weighted by Gasteiger charge is -2.08.